The fourth-order valence-electron chi connectivity index (χ4n) is 3.97. The minimum Gasteiger partial charge on any atom is -0.385 e. The van der Waals surface area contributed by atoms with Gasteiger partial charge >= 0.3 is 0 Å². The second-order valence-electron chi connectivity index (χ2n) is 7.38. The average molecular weight is 395 g/mol. The Morgan fingerprint density at radius 3 is 2.89 bits per heavy atom. The van der Waals surface area contributed by atoms with Crippen LogP contribution < -0.4 is 5.32 Å². The maximum Gasteiger partial charge on any atom is 0.279 e. The summed E-state index contributed by atoms with van der Waals surface area (Å²) in [5.74, 6) is -1.93. The summed E-state index contributed by atoms with van der Waals surface area (Å²) >= 11 is 1.36. The summed E-state index contributed by atoms with van der Waals surface area (Å²) in [5, 5.41) is 35.2. The molecule has 4 fully saturated rings. The Morgan fingerprint density at radius 1 is 1.41 bits per heavy atom. The molecule has 4 N–H and O–H groups in total. The minimum absolute atomic E-state index is 0.0418. The Bertz CT molecular complexity index is 777. The molecule has 1 aromatic rings. The Balaban J connectivity index is 1.65. The van der Waals surface area contributed by atoms with Gasteiger partial charge in [0.25, 0.3) is 17.5 Å². The van der Waals surface area contributed by atoms with Gasteiger partial charge in [0.1, 0.15) is 11.7 Å². The van der Waals surface area contributed by atoms with E-state index < -0.39 is 40.9 Å². The first-order chi connectivity index (χ1) is 12.7. The number of rotatable bonds is 3. The van der Waals surface area contributed by atoms with Crippen molar-refractivity contribution in [1.82, 2.24) is 15.2 Å². The van der Waals surface area contributed by atoms with E-state index in [1.807, 2.05) is 12.1 Å². The summed E-state index contributed by atoms with van der Waals surface area (Å²) in [6, 6.07) is 5.44. The number of carbonyl (C=O) groups excluding carboxylic acids is 2. The fourth-order valence-corrected chi connectivity index (χ4v) is 5.06. The first kappa shape index (κ1) is 18.6. The number of aliphatic hydroxyl groups is 3. The van der Waals surface area contributed by atoms with Crippen molar-refractivity contribution >= 4 is 23.6 Å². The zero-order valence-corrected chi connectivity index (χ0v) is 15.5. The van der Waals surface area contributed by atoms with Crippen molar-refractivity contribution in [1.29, 1.82) is 0 Å². The molecule has 2 amide bonds. The van der Waals surface area contributed by atoms with Crippen LogP contribution in [0.4, 0.5) is 0 Å². The number of aromatic nitrogens is 1. The predicted molar refractivity (Wildman–Crippen MR) is 93.2 cm³/mol. The third-order valence-electron chi connectivity index (χ3n) is 5.49. The van der Waals surface area contributed by atoms with Crippen LogP contribution >= 0.6 is 11.8 Å². The van der Waals surface area contributed by atoms with E-state index in [-0.39, 0.29) is 19.6 Å². The Labute approximate surface area is 159 Å². The number of aliphatic hydroxyl groups excluding tert-OH is 1. The van der Waals surface area contributed by atoms with Crippen molar-refractivity contribution in [2.24, 2.45) is 5.92 Å². The van der Waals surface area contributed by atoms with Crippen molar-refractivity contribution in [3.63, 3.8) is 0 Å². The SMILES string of the molecule is C[C@]1(O)CN2C(=O)[C@@]3(O)NC(=O)[C@@]2(OCC[C@@H]3CSc2ccccn2)[C@H]1O. The molecule has 146 valence electrons. The second-order valence-corrected chi connectivity index (χ2v) is 8.42. The number of piperazine rings is 1. The van der Waals surface area contributed by atoms with Gasteiger partial charge < -0.3 is 25.4 Å². The van der Waals surface area contributed by atoms with E-state index in [0.717, 1.165) is 9.93 Å². The van der Waals surface area contributed by atoms with Crippen LogP contribution in [0.15, 0.2) is 29.4 Å². The van der Waals surface area contributed by atoms with Crippen LogP contribution in [-0.2, 0) is 14.3 Å². The van der Waals surface area contributed by atoms with Gasteiger partial charge in [-0.15, -0.1) is 11.8 Å². The molecule has 0 aliphatic carbocycles. The van der Waals surface area contributed by atoms with Crippen molar-refractivity contribution in [2.45, 2.75) is 41.5 Å². The lowest BCUT2D eigenvalue weighted by molar-refractivity contribution is -0.242. The number of pyridine rings is 1. The van der Waals surface area contributed by atoms with Gasteiger partial charge in [0.15, 0.2) is 0 Å². The molecule has 10 heteroatoms. The third kappa shape index (κ3) is 2.59. The van der Waals surface area contributed by atoms with Crippen LogP contribution in [0.25, 0.3) is 0 Å². The normalized spacial score (nSPS) is 41.1. The smallest absolute Gasteiger partial charge is 0.279 e. The molecule has 2 bridgehead atoms. The lowest BCUT2D eigenvalue weighted by Crippen LogP contribution is -2.80. The van der Waals surface area contributed by atoms with E-state index >= 15 is 0 Å². The molecule has 4 aliphatic heterocycles. The van der Waals surface area contributed by atoms with Crippen LogP contribution in [0.5, 0.6) is 0 Å². The largest absolute Gasteiger partial charge is 0.385 e. The Kier molecular flexibility index (Phi) is 4.24. The van der Waals surface area contributed by atoms with Gasteiger partial charge in [-0.1, -0.05) is 6.07 Å². The van der Waals surface area contributed by atoms with E-state index in [2.05, 4.69) is 10.3 Å². The van der Waals surface area contributed by atoms with Crippen LogP contribution in [0.1, 0.15) is 13.3 Å². The van der Waals surface area contributed by atoms with Crippen LogP contribution in [0.3, 0.4) is 0 Å². The summed E-state index contributed by atoms with van der Waals surface area (Å²) in [6.45, 7) is 1.05. The highest BCUT2D eigenvalue weighted by molar-refractivity contribution is 7.99. The molecule has 5 atom stereocenters. The molecular formula is C17H21N3O6S. The van der Waals surface area contributed by atoms with E-state index in [0.29, 0.717) is 5.75 Å². The third-order valence-corrected chi connectivity index (χ3v) is 6.60. The standard InChI is InChI=1S/C17H21N3O6S/c1-15(24)9-20-14(23)16(25)10(8-27-11-4-2-3-6-18-11)5-7-26-17(20,12(15)21)13(22)19-16/h2-4,6,10,12,21,24-25H,5,7-9H2,1H3,(H,19,22)/t10-,12+,15+,16-,17+/m1/s1. The number of fused-ring (bicyclic) bond motifs is 4. The number of thioether (sulfide) groups is 1. The van der Waals surface area contributed by atoms with Crippen LogP contribution in [-0.4, -0.2) is 79.1 Å². The quantitative estimate of drug-likeness (QED) is 0.463. The maximum atomic E-state index is 13.1. The van der Waals surface area contributed by atoms with Crippen molar-refractivity contribution in [3.8, 4) is 0 Å². The van der Waals surface area contributed by atoms with Gasteiger partial charge in [-0.05, 0) is 25.5 Å². The monoisotopic (exact) mass is 395 g/mol. The van der Waals surface area contributed by atoms with Gasteiger partial charge in [-0.3, -0.25) is 14.5 Å². The van der Waals surface area contributed by atoms with Gasteiger partial charge in [0.05, 0.1) is 18.2 Å². The van der Waals surface area contributed by atoms with Gasteiger partial charge in [-0.2, -0.15) is 0 Å². The maximum absolute atomic E-state index is 13.1. The molecule has 5 heterocycles. The van der Waals surface area contributed by atoms with E-state index in [1.165, 1.54) is 18.7 Å². The highest BCUT2D eigenvalue weighted by atomic mass is 32.2. The number of amides is 2. The topological polar surface area (TPSA) is 132 Å². The zero-order chi connectivity index (χ0) is 19.4. The summed E-state index contributed by atoms with van der Waals surface area (Å²) in [7, 11) is 0. The first-order valence-corrected chi connectivity index (χ1v) is 9.65. The second kappa shape index (κ2) is 6.14. The predicted octanol–water partition coefficient (Wildman–Crippen LogP) is -1.32. The lowest BCUT2D eigenvalue weighted by atomic mass is 9.86. The highest BCUT2D eigenvalue weighted by Gasteiger charge is 2.73. The fraction of sp³-hybridized carbons (Fsp3) is 0.588. The van der Waals surface area contributed by atoms with Crippen molar-refractivity contribution in [2.75, 3.05) is 18.9 Å². The van der Waals surface area contributed by atoms with E-state index in [9.17, 15) is 24.9 Å². The zero-order valence-electron chi connectivity index (χ0n) is 14.7. The Morgan fingerprint density at radius 2 is 2.19 bits per heavy atom. The Hall–Kier alpha value is -1.72. The molecule has 1 aromatic heterocycles. The number of hydrogen-bond acceptors (Lipinski definition) is 8. The molecule has 5 rings (SSSR count). The molecule has 4 aliphatic rings. The van der Waals surface area contributed by atoms with E-state index in [1.54, 1.807) is 12.3 Å². The summed E-state index contributed by atoms with van der Waals surface area (Å²) in [6.07, 6.45) is 0.304. The van der Waals surface area contributed by atoms with Crippen LogP contribution in [0, 0.1) is 5.92 Å². The van der Waals surface area contributed by atoms with Gasteiger partial charge in [0, 0.05) is 17.9 Å². The molecule has 27 heavy (non-hydrogen) atoms. The van der Waals surface area contributed by atoms with Crippen molar-refractivity contribution < 1.29 is 29.6 Å². The number of carbonyl (C=O) groups is 2. The van der Waals surface area contributed by atoms with Crippen LogP contribution in [0.2, 0.25) is 0 Å². The average Bonchev–Trinajstić information content (AvgIpc) is 2.84. The lowest BCUT2D eigenvalue weighted by Gasteiger charge is -2.51. The molecule has 0 aromatic carbocycles. The van der Waals surface area contributed by atoms with Crippen molar-refractivity contribution in [3.05, 3.63) is 24.4 Å². The molecule has 4 saturated heterocycles. The van der Waals surface area contributed by atoms with Gasteiger partial charge in [-0.25, -0.2) is 4.98 Å². The number of nitrogens with one attached hydrogen (secondary N) is 1. The first-order valence-electron chi connectivity index (χ1n) is 8.67. The number of ether oxygens (including phenoxy) is 1. The molecule has 0 radical (unpaired) electrons. The van der Waals surface area contributed by atoms with Gasteiger partial charge in [0.2, 0.25) is 5.72 Å². The molecule has 1 spiro atoms. The number of hydrogen-bond donors (Lipinski definition) is 4. The molecule has 9 nitrogen and oxygen atoms in total. The molecule has 0 saturated carbocycles. The minimum atomic E-state index is -2.13. The number of nitrogens with zero attached hydrogens (tertiary/aromatic N) is 2. The summed E-state index contributed by atoms with van der Waals surface area (Å²) in [4.78, 5) is 31.1. The summed E-state index contributed by atoms with van der Waals surface area (Å²) in [5.41, 5.74) is -5.89. The summed E-state index contributed by atoms with van der Waals surface area (Å²) < 4.78 is 5.69. The highest BCUT2D eigenvalue weighted by Crippen LogP contribution is 2.45. The molecule has 0 unspecified atom stereocenters. The van der Waals surface area contributed by atoms with E-state index in [4.69, 9.17) is 4.74 Å². The molecular weight excluding hydrogens is 374 g/mol.